The van der Waals surface area contributed by atoms with Crippen molar-refractivity contribution in [1.29, 1.82) is 0 Å². The molecule has 5 heteroatoms. The lowest BCUT2D eigenvalue weighted by molar-refractivity contribution is 0.898. The molecule has 0 atom stereocenters. The van der Waals surface area contributed by atoms with E-state index in [0.29, 0.717) is 28.8 Å². The monoisotopic (exact) mass is 241 g/mol. The van der Waals surface area contributed by atoms with Crippen LogP contribution in [0.15, 0.2) is 39.9 Å². The summed E-state index contributed by atoms with van der Waals surface area (Å²) in [5, 5.41) is 0.553. The summed E-state index contributed by atoms with van der Waals surface area (Å²) in [7, 11) is 0. The zero-order valence-corrected chi connectivity index (χ0v) is 9.80. The molecule has 0 unspecified atom stereocenters. The highest BCUT2D eigenvalue weighted by Gasteiger charge is 2.08. The van der Waals surface area contributed by atoms with E-state index >= 15 is 0 Å². The summed E-state index contributed by atoms with van der Waals surface area (Å²) in [4.78, 5) is 30.8. The van der Waals surface area contributed by atoms with Crippen LogP contribution in [-0.4, -0.2) is 14.4 Å². The third-order valence-corrected chi connectivity index (χ3v) is 2.96. The van der Waals surface area contributed by atoms with Crippen molar-refractivity contribution in [2.45, 2.75) is 13.3 Å². The van der Waals surface area contributed by atoms with Crippen LogP contribution in [0.4, 0.5) is 0 Å². The van der Waals surface area contributed by atoms with Gasteiger partial charge in [0, 0.05) is 11.8 Å². The van der Waals surface area contributed by atoms with Gasteiger partial charge in [-0.2, -0.15) is 0 Å². The van der Waals surface area contributed by atoms with Crippen LogP contribution in [0.25, 0.3) is 16.7 Å². The van der Waals surface area contributed by atoms with Crippen molar-refractivity contribution in [3.8, 4) is 0 Å². The molecule has 0 aliphatic rings. The number of nitrogens with zero attached hydrogens (tertiary/aromatic N) is 2. The second-order valence-corrected chi connectivity index (χ2v) is 4.07. The number of aromatic nitrogens is 3. The fourth-order valence-electron chi connectivity index (χ4n) is 2.11. The Morgan fingerprint density at radius 3 is 2.83 bits per heavy atom. The third-order valence-electron chi connectivity index (χ3n) is 2.96. The van der Waals surface area contributed by atoms with Crippen molar-refractivity contribution < 1.29 is 0 Å². The lowest BCUT2D eigenvalue weighted by atomic mass is 10.2. The average molecular weight is 241 g/mol. The maximum absolute atomic E-state index is 12.4. The van der Waals surface area contributed by atoms with E-state index in [2.05, 4.69) is 9.97 Å². The lowest BCUT2D eigenvalue weighted by Gasteiger charge is -2.06. The van der Waals surface area contributed by atoms with Gasteiger partial charge in [0.15, 0.2) is 0 Å². The van der Waals surface area contributed by atoms with E-state index in [-0.39, 0.29) is 11.1 Å². The maximum atomic E-state index is 12.4. The molecule has 90 valence electrons. The highest BCUT2D eigenvalue weighted by Crippen LogP contribution is 2.08. The van der Waals surface area contributed by atoms with Gasteiger partial charge in [-0.25, -0.2) is 9.38 Å². The Bertz CT molecular complexity index is 861. The van der Waals surface area contributed by atoms with Crippen LogP contribution >= 0.6 is 0 Å². The van der Waals surface area contributed by atoms with Crippen LogP contribution in [0.2, 0.25) is 0 Å². The predicted molar refractivity (Wildman–Crippen MR) is 69.0 cm³/mol. The van der Waals surface area contributed by atoms with Gasteiger partial charge in [-0.3, -0.25) is 14.6 Å². The molecular weight excluding hydrogens is 230 g/mol. The molecule has 2 heterocycles. The second-order valence-electron chi connectivity index (χ2n) is 4.07. The molecule has 0 radical (unpaired) electrons. The summed E-state index contributed by atoms with van der Waals surface area (Å²) in [5.41, 5.74) is 0.862. The Morgan fingerprint density at radius 2 is 2.06 bits per heavy atom. The molecule has 1 N–H and O–H groups in total. The van der Waals surface area contributed by atoms with Gasteiger partial charge in [-0.1, -0.05) is 19.1 Å². The van der Waals surface area contributed by atoms with E-state index in [4.69, 9.17) is 0 Å². The summed E-state index contributed by atoms with van der Waals surface area (Å²) >= 11 is 0. The highest BCUT2D eigenvalue weighted by molar-refractivity contribution is 5.78. The van der Waals surface area contributed by atoms with Gasteiger partial charge in [0.1, 0.15) is 0 Å². The third kappa shape index (κ3) is 1.44. The number of H-pyrrole nitrogens is 1. The first-order chi connectivity index (χ1) is 8.70. The Balaban J connectivity index is 2.64. The molecule has 0 aliphatic carbocycles. The van der Waals surface area contributed by atoms with Crippen LogP contribution in [0.5, 0.6) is 0 Å². The fourth-order valence-corrected chi connectivity index (χ4v) is 2.11. The first-order valence-corrected chi connectivity index (χ1v) is 5.74. The fraction of sp³-hybridized carbons (Fsp3) is 0.154. The number of nitrogens with one attached hydrogen (secondary N) is 1. The van der Waals surface area contributed by atoms with Crippen LogP contribution in [-0.2, 0) is 6.42 Å². The Labute approximate surface area is 102 Å². The van der Waals surface area contributed by atoms with Crippen LogP contribution in [0.3, 0.4) is 0 Å². The number of fused-ring (bicyclic) bond motifs is 2. The normalized spacial score (nSPS) is 11.2. The van der Waals surface area contributed by atoms with Crippen molar-refractivity contribution in [1.82, 2.24) is 14.4 Å². The Hall–Kier alpha value is -2.43. The highest BCUT2D eigenvalue weighted by atomic mass is 16.1. The number of para-hydroxylation sites is 1. The smallest absolute Gasteiger partial charge is 0.267 e. The standard InChI is InChI=1S/C13H11N3O2/c1-2-8-7-11(17)15-13-14-10-6-4-3-5-9(10)12(18)16(8)13/h3-7H,2H2,1H3,(H,14,15,17). The molecule has 0 saturated carbocycles. The molecule has 0 fully saturated rings. The Morgan fingerprint density at radius 1 is 1.28 bits per heavy atom. The van der Waals surface area contributed by atoms with E-state index in [9.17, 15) is 9.59 Å². The van der Waals surface area contributed by atoms with E-state index in [1.807, 2.05) is 13.0 Å². The van der Waals surface area contributed by atoms with Crippen molar-refractivity contribution in [3.05, 3.63) is 56.7 Å². The van der Waals surface area contributed by atoms with Crippen molar-refractivity contribution in [3.63, 3.8) is 0 Å². The maximum Gasteiger partial charge on any atom is 0.267 e. The summed E-state index contributed by atoms with van der Waals surface area (Å²) < 4.78 is 1.46. The summed E-state index contributed by atoms with van der Waals surface area (Å²) in [6.07, 6.45) is 0.598. The first kappa shape index (κ1) is 10.7. The zero-order valence-electron chi connectivity index (χ0n) is 9.80. The van der Waals surface area contributed by atoms with Gasteiger partial charge < -0.3 is 0 Å². The van der Waals surface area contributed by atoms with E-state index < -0.39 is 0 Å². The minimum Gasteiger partial charge on any atom is -0.292 e. The zero-order chi connectivity index (χ0) is 12.7. The molecule has 0 amide bonds. The number of aromatic amines is 1. The molecule has 1 aromatic carbocycles. The summed E-state index contributed by atoms with van der Waals surface area (Å²) in [5.74, 6) is 0.294. The van der Waals surface area contributed by atoms with Crippen LogP contribution in [0.1, 0.15) is 12.6 Å². The van der Waals surface area contributed by atoms with Gasteiger partial charge >= 0.3 is 0 Å². The summed E-state index contributed by atoms with van der Waals surface area (Å²) in [6.45, 7) is 1.90. The van der Waals surface area contributed by atoms with E-state index in [1.165, 1.54) is 10.5 Å². The van der Waals surface area contributed by atoms with Gasteiger partial charge in [-0.05, 0) is 18.6 Å². The molecule has 2 aromatic heterocycles. The van der Waals surface area contributed by atoms with Crippen molar-refractivity contribution >= 4 is 16.7 Å². The van der Waals surface area contributed by atoms with Gasteiger partial charge in [0.2, 0.25) is 5.78 Å². The van der Waals surface area contributed by atoms with Gasteiger partial charge in [0.05, 0.1) is 10.9 Å². The molecule has 5 nitrogen and oxygen atoms in total. The minimum absolute atomic E-state index is 0.149. The van der Waals surface area contributed by atoms with E-state index in [1.54, 1.807) is 18.2 Å². The van der Waals surface area contributed by atoms with Crippen LogP contribution < -0.4 is 11.1 Å². The van der Waals surface area contributed by atoms with Gasteiger partial charge in [0.25, 0.3) is 11.1 Å². The quantitative estimate of drug-likeness (QED) is 0.649. The topological polar surface area (TPSA) is 67.2 Å². The molecular formula is C13H11N3O2. The number of hydrogen-bond donors (Lipinski definition) is 1. The molecule has 0 spiro atoms. The largest absolute Gasteiger partial charge is 0.292 e. The molecule has 0 saturated heterocycles. The number of rotatable bonds is 1. The van der Waals surface area contributed by atoms with Crippen molar-refractivity contribution in [2.75, 3.05) is 0 Å². The predicted octanol–water partition coefficient (Wildman–Crippen LogP) is 1.10. The lowest BCUT2D eigenvalue weighted by Crippen LogP contribution is -2.23. The number of hydrogen-bond acceptors (Lipinski definition) is 3. The van der Waals surface area contributed by atoms with Crippen molar-refractivity contribution in [2.24, 2.45) is 0 Å². The molecule has 3 aromatic rings. The van der Waals surface area contributed by atoms with Gasteiger partial charge in [-0.15, -0.1) is 0 Å². The molecule has 3 rings (SSSR count). The van der Waals surface area contributed by atoms with Crippen LogP contribution in [0, 0.1) is 0 Å². The average Bonchev–Trinajstić information content (AvgIpc) is 2.37. The Kier molecular flexibility index (Phi) is 2.26. The number of benzene rings is 1. The molecule has 18 heavy (non-hydrogen) atoms. The molecule has 0 bridgehead atoms. The molecule has 0 aliphatic heterocycles. The van der Waals surface area contributed by atoms with E-state index in [0.717, 1.165) is 0 Å². The number of aryl methyl sites for hydroxylation is 1. The summed E-state index contributed by atoms with van der Waals surface area (Å²) in [6, 6.07) is 8.54. The minimum atomic E-state index is -0.242. The SMILES string of the molecule is CCc1cc(=O)[nH]c2nc3ccccc3c(=O)n12. The second kappa shape index (κ2) is 3.80. The first-order valence-electron chi connectivity index (χ1n) is 5.74.